The second-order valence-corrected chi connectivity index (χ2v) is 7.79. The molecule has 0 aromatic heterocycles. The Labute approximate surface area is 185 Å². The summed E-state index contributed by atoms with van der Waals surface area (Å²) in [5.41, 5.74) is 1.05. The molecular formula is C23H23Cl2NO4. The topological polar surface area (TPSA) is 66.8 Å². The van der Waals surface area contributed by atoms with Crippen molar-refractivity contribution in [2.75, 3.05) is 13.2 Å². The average molecular weight is 448 g/mol. The Morgan fingerprint density at radius 1 is 1.10 bits per heavy atom. The van der Waals surface area contributed by atoms with E-state index in [-0.39, 0.29) is 16.4 Å². The van der Waals surface area contributed by atoms with Crippen molar-refractivity contribution in [1.82, 2.24) is 4.90 Å². The van der Waals surface area contributed by atoms with Gasteiger partial charge < -0.3 is 14.7 Å². The molecule has 0 saturated carbocycles. The number of ether oxygens (including phenoxy) is 1. The fourth-order valence-electron chi connectivity index (χ4n) is 3.53. The predicted octanol–water partition coefficient (Wildman–Crippen LogP) is 5.61. The lowest BCUT2D eigenvalue weighted by atomic mass is 9.95. The highest BCUT2D eigenvalue weighted by Crippen LogP contribution is 2.41. The second-order valence-electron chi connectivity index (χ2n) is 6.98. The molecule has 1 N–H and O–H groups in total. The number of carbonyl (C=O) groups excluding carboxylic acids is 2. The van der Waals surface area contributed by atoms with Crippen LogP contribution in [-0.4, -0.2) is 34.8 Å². The van der Waals surface area contributed by atoms with Gasteiger partial charge in [0.25, 0.3) is 11.7 Å². The fraction of sp³-hybridized carbons (Fsp3) is 0.304. The number of aliphatic hydroxyl groups is 1. The van der Waals surface area contributed by atoms with E-state index in [1.807, 2.05) is 26.0 Å². The van der Waals surface area contributed by atoms with E-state index in [4.69, 9.17) is 27.9 Å². The van der Waals surface area contributed by atoms with Crippen molar-refractivity contribution in [1.29, 1.82) is 0 Å². The lowest BCUT2D eigenvalue weighted by Crippen LogP contribution is -2.30. The van der Waals surface area contributed by atoms with Gasteiger partial charge in [-0.3, -0.25) is 9.59 Å². The smallest absolute Gasteiger partial charge is 0.295 e. The van der Waals surface area contributed by atoms with Crippen LogP contribution in [0.5, 0.6) is 5.75 Å². The van der Waals surface area contributed by atoms with E-state index in [0.29, 0.717) is 35.1 Å². The number of carbonyl (C=O) groups is 2. The molecule has 0 spiro atoms. The first-order valence-electron chi connectivity index (χ1n) is 9.85. The third-order valence-corrected chi connectivity index (χ3v) is 5.71. The summed E-state index contributed by atoms with van der Waals surface area (Å²) in [6.07, 6.45) is 1.60. The number of nitrogens with zero attached hydrogens (tertiary/aromatic N) is 1. The molecule has 1 aliphatic rings. The number of amides is 1. The summed E-state index contributed by atoms with van der Waals surface area (Å²) in [5.74, 6) is -0.998. The first-order chi connectivity index (χ1) is 14.4. The van der Waals surface area contributed by atoms with E-state index >= 15 is 0 Å². The molecule has 2 aromatic carbocycles. The molecule has 7 heteroatoms. The van der Waals surface area contributed by atoms with Gasteiger partial charge in [-0.05, 0) is 49.2 Å². The van der Waals surface area contributed by atoms with Crippen LogP contribution >= 0.6 is 23.2 Å². The van der Waals surface area contributed by atoms with E-state index < -0.39 is 17.7 Å². The molecule has 0 bridgehead atoms. The van der Waals surface area contributed by atoms with Crippen molar-refractivity contribution in [3.05, 3.63) is 69.2 Å². The summed E-state index contributed by atoms with van der Waals surface area (Å²) in [7, 11) is 0. The Morgan fingerprint density at radius 3 is 2.53 bits per heavy atom. The molecule has 5 nitrogen and oxygen atoms in total. The fourth-order valence-corrected chi connectivity index (χ4v) is 3.82. The highest BCUT2D eigenvalue weighted by Gasteiger charge is 2.45. The van der Waals surface area contributed by atoms with Crippen LogP contribution in [0.2, 0.25) is 10.0 Å². The number of rotatable bonds is 7. The van der Waals surface area contributed by atoms with Crippen LogP contribution in [0.3, 0.4) is 0 Å². The Balaban J connectivity index is 2.17. The maximum Gasteiger partial charge on any atom is 0.295 e. The van der Waals surface area contributed by atoms with Crippen molar-refractivity contribution in [3.63, 3.8) is 0 Å². The summed E-state index contributed by atoms with van der Waals surface area (Å²) in [5, 5.41) is 11.6. The number of hydrogen-bond acceptors (Lipinski definition) is 4. The van der Waals surface area contributed by atoms with E-state index in [9.17, 15) is 14.7 Å². The molecule has 1 unspecified atom stereocenters. The highest BCUT2D eigenvalue weighted by atomic mass is 35.5. The zero-order chi connectivity index (χ0) is 21.8. The molecule has 1 atom stereocenters. The predicted molar refractivity (Wildman–Crippen MR) is 118 cm³/mol. The van der Waals surface area contributed by atoms with E-state index in [2.05, 4.69) is 0 Å². The molecule has 0 radical (unpaired) electrons. The van der Waals surface area contributed by atoms with Crippen LogP contribution in [0.4, 0.5) is 0 Å². The summed E-state index contributed by atoms with van der Waals surface area (Å²) in [6, 6.07) is 11.1. The van der Waals surface area contributed by atoms with Crippen molar-refractivity contribution < 1.29 is 19.4 Å². The Hall–Kier alpha value is -2.50. The zero-order valence-electron chi connectivity index (χ0n) is 16.8. The number of likely N-dealkylation sites (tertiary alicyclic amines) is 1. The molecule has 1 saturated heterocycles. The van der Waals surface area contributed by atoms with Gasteiger partial charge in [-0.15, -0.1) is 0 Å². The number of Topliss-reactive ketones (excluding diaryl/α,β-unsaturated/α-hetero) is 1. The minimum absolute atomic E-state index is 0.0307. The first kappa shape index (κ1) is 22.2. The minimum atomic E-state index is -0.721. The average Bonchev–Trinajstić information content (AvgIpc) is 2.99. The van der Waals surface area contributed by atoms with Gasteiger partial charge in [0.2, 0.25) is 0 Å². The number of hydrogen-bond donors (Lipinski definition) is 1. The maximum atomic E-state index is 12.9. The number of unbranched alkanes of at least 4 members (excludes halogenated alkanes) is 1. The lowest BCUT2D eigenvalue weighted by Gasteiger charge is -2.25. The van der Waals surface area contributed by atoms with Gasteiger partial charge in [0.15, 0.2) is 0 Å². The van der Waals surface area contributed by atoms with E-state index in [0.717, 1.165) is 12.8 Å². The summed E-state index contributed by atoms with van der Waals surface area (Å²) in [6.45, 7) is 4.78. The van der Waals surface area contributed by atoms with Gasteiger partial charge in [-0.25, -0.2) is 0 Å². The molecule has 1 fully saturated rings. The largest absolute Gasteiger partial charge is 0.507 e. The van der Waals surface area contributed by atoms with Crippen LogP contribution in [0.15, 0.2) is 48.0 Å². The lowest BCUT2D eigenvalue weighted by molar-refractivity contribution is -0.139. The molecule has 158 valence electrons. The standard InChI is InChI=1S/C23H23Cl2NO4/c1-3-5-11-26-20(14-7-6-8-16(12-14)30-4-2)19(22(28)23(26)29)21(27)15-9-10-17(24)18(25)13-15/h6-10,12-13,20,27H,3-5,11H2,1-2H3/b21-19-. The summed E-state index contributed by atoms with van der Waals surface area (Å²) >= 11 is 12.1. The molecule has 30 heavy (non-hydrogen) atoms. The maximum absolute atomic E-state index is 12.9. The minimum Gasteiger partial charge on any atom is -0.507 e. The SMILES string of the molecule is CCCCN1C(=O)C(=O)/C(=C(\O)c2ccc(Cl)c(Cl)c2)C1c1cccc(OCC)c1. The third kappa shape index (κ3) is 4.32. The van der Waals surface area contributed by atoms with E-state index in [1.165, 1.54) is 17.0 Å². The van der Waals surface area contributed by atoms with Gasteiger partial charge in [0.1, 0.15) is 11.5 Å². The monoisotopic (exact) mass is 447 g/mol. The summed E-state index contributed by atoms with van der Waals surface area (Å²) in [4.78, 5) is 27.3. The van der Waals surface area contributed by atoms with E-state index in [1.54, 1.807) is 18.2 Å². The van der Waals surface area contributed by atoms with Crippen molar-refractivity contribution >= 4 is 40.7 Å². The van der Waals surface area contributed by atoms with Gasteiger partial charge in [0, 0.05) is 12.1 Å². The normalized spacial score (nSPS) is 18.1. The van der Waals surface area contributed by atoms with Crippen LogP contribution in [0, 0.1) is 0 Å². The Bertz CT molecular complexity index is 1000. The van der Waals surface area contributed by atoms with Gasteiger partial charge in [-0.2, -0.15) is 0 Å². The van der Waals surface area contributed by atoms with Gasteiger partial charge in [0.05, 0.1) is 28.3 Å². The van der Waals surface area contributed by atoms with Crippen LogP contribution in [0.1, 0.15) is 43.9 Å². The van der Waals surface area contributed by atoms with Crippen molar-refractivity contribution in [3.8, 4) is 5.75 Å². The Morgan fingerprint density at radius 2 is 1.87 bits per heavy atom. The van der Waals surface area contributed by atoms with Gasteiger partial charge >= 0.3 is 0 Å². The van der Waals surface area contributed by atoms with Gasteiger partial charge in [-0.1, -0.05) is 48.7 Å². The quantitative estimate of drug-likeness (QED) is 0.340. The molecular weight excluding hydrogens is 425 g/mol. The number of benzene rings is 2. The zero-order valence-corrected chi connectivity index (χ0v) is 18.3. The molecule has 0 aliphatic carbocycles. The number of aliphatic hydroxyl groups excluding tert-OH is 1. The van der Waals surface area contributed by atoms with Crippen molar-refractivity contribution in [2.24, 2.45) is 0 Å². The second kappa shape index (κ2) is 9.54. The van der Waals surface area contributed by atoms with Crippen LogP contribution in [-0.2, 0) is 9.59 Å². The number of ketones is 1. The van der Waals surface area contributed by atoms with Crippen LogP contribution in [0.25, 0.3) is 5.76 Å². The Kier molecular flexibility index (Phi) is 7.06. The molecule has 1 aliphatic heterocycles. The van der Waals surface area contributed by atoms with Crippen molar-refractivity contribution in [2.45, 2.75) is 32.7 Å². The molecule has 2 aromatic rings. The third-order valence-electron chi connectivity index (χ3n) is 4.97. The highest BCUT2D eigenvalue weighted by molar-refractivity contribution is 6.46. The first-order valence-corrected chi connectivity index (χ1v) is 10.6. The summed E-state index contributed by atoms with van der Waals surface area (Å²) < 4.78 is 5.59. The molecule has 3 rings (SSSR count). The number of halogens is 2. The molecule has 1 amide bonds. The van der Waals surface area contributed by atoms with Crippen LogP contribution < -0.4 is 4.74 Å². The molecule has 1 heterocycles.